The Bertz CT molecular complexity index is 546. The third-order valence-corrected chi connectivity index (χ3v) is 5.54. The number of halogens is 1. The quantitative estimate of drug-likeness (QED) is 0.841. The minimum atomic E-state index is -3.47. The summed E-state index contributed by atoms with van der Waals surface area (Å²) >= 11 is 6.13. The first-order chi connectivity index (χ1) is 9.32. The molecule has 0 aromatic heterocycles. The van der Waals surface area contributed by atoms with Crippen LogP contribution in [-0.4, -0.2) is 33.4 Å². The molecule has 0 aliphatic heterocycles. The second kappa shape index (κ2) is 7.41. The predicted octanol–water partition coefficient (Wildman–Crippen LogP) is 2.73. The number of nitrogens with zero attached hydrogens (tertiary/aromatic N) is 1. The van der Waals surface area contributed by atoms with Gasteiger partial charge in [0.1, 0.15) is 0 Å². The number of hydrogen-bond acceptors (Lipinski definition) is 3. The van der Waals surface area contributed by atoms with Crippen molar-refractivity contribution in [2.24, 2.45) is 5.92 Å². The largest absolute Gasteiger partial charge is 0.316 e. The molecule has 0 aliphatic carbocycles. The molecule has 1 aromatic rings. The minimum Gasteiger partial charge on any atom is -0.316 e. The van der Waals surface area contributed by atoms with Crippen LogP contribution in [0.3, 0.4) is 0 Å². The Morgan fingerprint density at radius 2 is 2.05 bits per heavy atom. The molecule has 1 aromatic carbocycles. The molecule has 1 rings (SSSR count). The van der Waals surface area contributed by atoms with E-state index in [2.05, 4.69) is 12.2 Å². The SMILES string of the molecule is CCC(C)CN(C)S(=O)(=O)c1ccc(CNC)c(Cl)c1. The molecule has 0 radical (unpaired) electrons. The first kappa shape index (κ1) is 17.4. The first-order valence-electron chi connectivity index (χ1n) is 6.72. The molecule has 0 heterocycles. The molecule has 0 bridgehead atoms. The molecule has 114 valence electrons. The fraction of sp³-hybridized carbons (Fsp3) is 0.571. The Hall–Kier alpha value is -0.620. The van der Waals surface area contributed by atoms with Crippen molar-refractivity contribution < 1.29 is 8.42 Å². The van der Waals surface area contributed by atoms with Gasteiger partial charge in [-0.15, -0.1) is 0 Å². The van der Waals surface area contributed by atoms with Crippen molar-refractivity contribution in [3.63, 3.8) is 0 Å². The highest BCUT2D eigenvalue weighted by Gasteiger charge is 2.22. The summed E-state index contributed by atoms with van der Waals surface area (Å²) in [6.07, 6.45) is 0.946. The van der Waals surface area contributed by atoms with Crippen LogP contribution in [-0.2, 0) is 16.6 Å². The van der Waals surface area contributed by atoms with Gasteiger partial charge in [0.2, 0.25) is 10.0 Å². The lowest BCUT2D eigenvalue weighted by atomic mass is 10.1. The Balaban J connectivity index is 3.01. The zero-order valence-corrected chi connectivity index (χ0v) is 14.1. The van der Waals surface area contributed by atoms with Gasteiger partial charge in [-0.05, 0) is 30.7 Å². The van der Waals surface area contributed by atoms with E-state index >= 15 is 0 Å². The number of nitrogens with one attached hydrogen (secondary N) is 1. The molecular weight excluding hydrogens is 296 g/mol. The van der Waals surface area contributed by atoms with Crippen molar-refractivity contribution >= 4 is 21.6 Å². The maximum Gasteiger partial charge on any atom is 0.242 e. The van der Waals surface area contributed by atoms with Gasteiger partial charge in [0.25, 0.3) is 0 Å². The highest BCUT2D eigenvalue weighted by atomic mass is 35.5. The fourth-order valence-corrected chi connectivity index (χ4v) is 3.50. The number of sulfonamides is 1. The summed E-state index contributed by atoms with van der Waals surface area (Å²) in [5, 5.41) is 3.46. The Labute approximate surface area is 127 Å². The van der Waals surface area contributed by atoms with Crippen LogP contribution in [0, 0.1) is 5.92 Å². The zero-order chi connectivity index (χ0) is 15.3. The van der Waals surface area contributed by atoms with Gasteiger partial charge in [-0.2, -0.15) is 0 Å². The zero-order valence-electron chi connectivity index (χ0n) is 12.5. The highest BCUT2D eigenvalue weighted by molar-refractivity contribution is 7.89. The number of benzene rings is 1. The molecule has 0 amide bonds. The van der Waals surface area contributed by atoms with E-state index in [1.807, 2.05) is 14.0 Å². The van der Waals surface area contributed by atoms with Gasteiger partial charge >= 0.3 is 0 Å². The van der Waals surface area contributed by atoms with E-state index in [1.54, 1.807) is 19.2 Å². The predicted molar refractivity (Wildman–Crippen MR) is 83.5 cm³/mol. The van der Waals surface area contributed by atoms with Gasteiger partial charge in [0.05, 0.1) is 4.90 Å². The molecule has 0 saturated heterocycles. The highest BCUT2D eigenvalue weighted by Crippen LogP contribution is 2.23. The van der Waals surface area contributed by atoms with E-state index < -0.39 is 10.0 Å². The summed E-state index contributed by atoms with van der Waals surface area (Å²) < 4.78 is 26.3. The Kier molecular flexibility index (Phi) is 6.45. The lowest BCUT2D eigenvalue weighted by Gasteiger charge is -2.21. The van der Waals surface area contributed by atoms with Crippen molar-refractivity contribution in [1.29, 1.82) is 0 Å². The molecule has 1 atom stereocenters. The summed E-state index contributed by atoms with van der Waals surface area (Å²) in [5.74, 6) is 0.328. The third-order valence-electron chi connectivity index (χ3n) is 3.37. The van der Waals surface area contributed by atoms with Gasteiger partial charge in [-0.25, -0.2) is 12.7 Å². The third kappa shape index (κ3) is 4.19. The van der Waals surface area contributed by atoms with E-state index in [0.29, 0.717) is 24.0 Å². The molecule has 0 fully saturated rings. The normalized spacial score (nSPS) is 13.7. The van der Waals surface area contributed by atoms with Crippen molar-refractivity contribution in [3.8, 4) is 0 Å². The van der Waals surface area contributed by atoms with E-state index in [9.17, 15) is 8.42 Å². The van der Waals surface area contributed by atoms with Crippen LogP contribution in [0.4, 0.5) is 0 Å². The van der Waals surface area contributed by atoms with Crippen LogP contribution in [0.1, 0.15) is 25.8 Å². The Morgan fingerprint density at radius 3 is 2.55 bits per heavy atom. The molecule has 0 spiro atoms. The standard InChI is InChI=1S/C14H23ClN2O2S/c1-5-11(2)10-17(4)20(18,19)13-7-6-12(9-16-3)14(15)8-13/h6-8,11,16H,5,9-10H2,1-4H3. The van der Waals surface area contributed by atoms with Gasteiger partial charge in [0, 0.05) is 25.2 Å². The fourth-order valence-electron chi connectivity index (χ4n) is 1.87. The molecule has 4 nitrogen and oxygen atoms in total. The molecule has 20 heavy (non-hydrogen) atoms. The maximum absolute atomic E-state index is 12.5. The van der Waals surface area contributed by atoms with Crippen LogP contribution in [0.5, 0.6) is 0 Å². The first-order valence-corrected chi connectivity index (χ1v) is 8.54. The van der Waals surface area contributed by atoms with Crippen molar-refractivity contribution in [3.05, 3.63) is 28.8 Å². The summed E-state index contributed by atoms with van der Waals surface area (Å²) in [7, 11) is -0.0415. The molecule has 6 heteroatoms. The van der Waals surface area contributed by atoms with Crippen molar-refractivity contribution in [2.75, 3.05) is 20.6 Å². The summed E-state index contributed by atoms with van der Waals surface area (Å²) in [5.41, 5.74) is 0.887. The van der Waals surface area contributed by atoms with Gasteiger partial charge in [-0.1, -0.05) is 37.9 Å². The summed E-state index contributed by atoms with van der Waals surface area (Å²) in [6.45, 7) is 5.21. The average molecular weight is 319 g/mol. The molecular formula is C14H23ClN2O2S. The summed E-state index contributed by atoms with van der Waals surface area (Å²) in [4.78, 5) is 0.244. The van der Waals surface area contributed by atoms with E-state index in [4.69, 9.17) is 11.6 Å². The van der Waals surface area contributed by atoms with Crippen LogP contribution >= 0.6 is 11.6 Å². The lowest BCUT2D eigenvalue weighted by molar-refractivity contribution is 0.393. The van der Waals surface area contributed by atoms with Crippen LogP contribution in [0.2, 0.25) is 5.02 Å². The summed E-state index contributed by atoms with van der Waals surface area (Å²) in [6, 6.07) is 4.89. The van der Waals surface area contributed by atoms with Gasteiger partial charge in [0.15, 0.2) is 0 Å². The average Bonchev–Trinajstić information content (AvgIpc) is 2.40. The minimum absolute atomic E-state index is 0.244. The van der Waals surface area contributed by atoms with Gasteiger partial charge in [-0.3, -0.25) is 0 Å². The van der Waals surface area contributed by atoms with Crippen LogP contribution in [0.25, 0.3) is 0 Å². The van der Waals surface area contributed by atoms with E-state index in [1.165, 1.54) is 10.4 Å². The van der Waals surface area contributed by atoms with Crippen LogP contribution in [0.15, 0.2) is 23.1 Å². The maximum atomic E-state index is 12.5. The van der Waals surface area contributed by atoms with Gasteiger partial charge < -0.3 is 5.32 Å². The van der Waals surface area contributed by atoms with Crippen molar-refractivity contribution in [1.82, 2.24) is 9.62 Å². The number of rotatable bonds is 7. The van der Waals surface area contributed by atoms with Crippen LogP contribution < -0.4 is 5.32 Å². The van der Waals surface area contributed by atoms with E-state index in [0.717, 1.165) is 12.0 Å². The lowest BCUT2D eigenvalue weighted by Crippen LogP contribution is -2.31. The topological polar surface area (TPSA) is 49.4 Å². The second-order valence-electron chi connectivity index (χ2n) is 5.08. The molecule has 0 saturated carbocycles. The molecule has 1 unspecified atom stereocenters. The smallest absolute Gasteiger partial charge is 0.242 e. The Morgan fingerprint density at radius 1 is 1.40 bits per heavy atom. The molecule has 1 N–H and O–H groups in total. The monoisotopic (exact) mass is 318 g/mol. The molecule has 0 aliphatic rings. The second-order valence-corrected chi connectivity index (χ2v) is 7.53. The van der Waals surface area contributed by atoms with Crippen molar-refractivity contribution in [2.45, 2.75) is 31.7 Å². The van der Waals surface area contributed by atoms with E-state index in [-0.39, 0.29) is 4.90 Å². The number of hydrogen-bond donors (Lipinski definition) is 1.